The number of aliphatic hydroxyl groups excluding tert-OH is 2. The van der Waals surface area contributed by atoms with Gasteiger partial charge in [0.2, 0.25) is 0 Å². The van der Waals surface area contributed by atoms with Gasteiger partial charge in [-0.1, -0.05) is 30.3 Å². The molecule has 0 saturated heterocycles. The minimum Gasteiger partial charge on any atom is -0.395 e. The molecule has 0 heterocycles. The largest absolute Gasteiger partial charge is 0.395 e. The third-order valence-corrected chi connectivity index (χ3v) is 3.08. The van der Waals surface area contributed by atoms with E-state index in [-0.39, 0.29) is 19.0 Å². The predicted molar refractivity (Wildman–Crippen MR) is 76.9 cm³/mol. The molecule has 0 aliphatic heterocycles. The monoisotopic (exact) mass is 275 g/mol. The molecule has 0 radical (unpaired) electrons. The Balaban J connectivity index is 2.26. The summed E-state index contributed by atoms with van der Waals surface area (Å²) >= 11 is 0. The van der Waals surface area contributed by atoms with Crippen molar-refractivity contribution in [1.82, 2.24) is 0 Å². The molecule has 20 heavy (non-hydrogen) atoms. The predicted octanol–water partition coefficient (Wildman–Crippen LogP) is 2.32. The van der Waals surface area contributed by atoms with Crippen LogP contribution in [0.2, 0.25) is 0 Å². The SMILES string of the molecule is OCCN(Cc1ccccc1)c1cc(F)cc(CO)c1. The van der Waals surface area contributed by atoms with Gasteiger partial charge in [-0.3, -0.25) is 0 Å². The summed E-state index contributed by atoms with van der Waals surface area (Å²) in [4.78, 5) is 1.89. The van der Waals surface area contributed by atoms with Gasteiger partial charge in [0.25, 0.3) is 0 Å². The van der Waals surface area contributed by atoms with E-state index in [1.54, 1.807) is 6.07 Å². The number of hydrogen-bond donors (Lipinski definition) is 2. The minimum atomic E-state index is -0.387. The van der Waals surface area contributed by atoms with Crippen LogP contribution in [0.15, 0.2) is 48.5 Å². The highest BCUT2D eigenvalue weighted by Crippen LogP contribution is 2.21. The highest BCUT2D eigenvalue weighted by molar-refractivity contribution is 5.49. The summed E-state index contributed by atoms with van der Waals surface area (Å²) in [7, 11) is 0. The fourth-order valence-electron chi connectivity index (χ4n) is 2.13. The Morgan fingerprint density at radius 1 is 0.950 bits per heavy atom. The molecule has 3 nitrogen and oxygen atoms in total. The quantitative estimate of drug-likeness (QED) is 0.850. The van der Waals surface area contributed by atoms with Gasteiger partial charge in [0.1, 0.15) is 5.82 Å². The second-order valence-electron chi connectivity index (χ2n) is 4.61. The van der Waals surface area contributed by atoms with Crippen LogP contribution in [0.3, 0.4) is 0 Å². The fourth-order valence-corrected chi connectivity index (χ4v) is 2.13. The first-order chi connectivity index (χ1) is 9.72. The van der Waals surface area contributed by atoms with Gasteiger partial charge in [-0.05, 0) is 29.3 Å². The average molecular weight is 275 g/mol. The molecule has 0 saturated carbocycles. The lowest BCUT2D eigenvalue weighted by molar-refractivity contribution is 0.281. The van der Waals surface area contributed by atoms with Crippen LogP contribution in [-0.2, 0) is 13.2 Å². The Kier molecular flexibility index (Phi) is 5.09. The molecule has 0 atom stereocenters. The molecular formula is C16H18FNO2. The Hall–Kier alpha value is -1.91. The van der Waals surface area contributed by atoms with E-state index in [9.17, 15) is 9.50 Å². The molecule has 0 aliphatic carbocycles. The van der Waals surface area contributed by atoms with Crippen LogP contribution in [-0.4, -0.2) is 23.4 Å². The van der Waals surface area contributed by atoms with Crippen LogP contribution < -0.4 is 4.90 Å². The Morgan fingerprint density at radius 2 is 1.70 bits per heavy atom. The molecular weight excluding hydrogens is 257 g/mol. The summed E-state index contributed by atoms with van der Waals surface area (Å²) in [5.41, 5.74) is 2.26. The molecule has 4 heteroatoms. The molecule has 0 fully saturated rings. The summed E-state index contributed by atoms with van der Waals surface area (Å²) in [6.07, 6.45) is 0. The number of hydrogen-bond acceptors (Lipinski definition) is 3. The number of anilines is 1. The van der Waals surface area contributed by atoms with Gasteiger partial charge in [-0.25, -0.2) is 4.39 Å². The third kappa shape index (κ3) is 3.79. The van der Waals surface area contributed by atoms with Gasteiger partial charge in [0, 0.05) is 18.8 Å². The van der Waals surface area contributed by atoms with E-state index in [2.05, 4.69) is 0 Å². The minimum absolute atomic E-state index is 0.0161. The highest BCUT2D eigenvalue weighted by atomic mass is 19.1. The lowest BCUT2D eigenvalue weighted by Crippen LogP contribution is -2.26. The van der Waals surface area contributed by atoms with Crippen molar-refractivity contribution in [2.75, 3.05) is 18.1 Å². The van der Waals surface area contributed by atoms with Gasteiger partial charge < -0.3 is 15.1 Å². The van der Waals surface area contributed by atoms with Crippen molar-refractivity contribution in [3.8, 4) is 0 Å². The standard InChI is InChI=1S/C16H18FNO2/c17-15-8-14(12-20)9-16(10-15)18(6-7-19)11-13-4-2-1-3-5-13/h1-5,8-10,19-20H,6-7,11-12H2. The number of aliphatic hydroxyl groups is 2. The van der Waals surface area contributed by atoms with Crippen LogP contribution in [0.25, 0.3) is 0 Å². The Labute approximate surface area is 117 Å². The van der Waals surface area contributed by atoms with E-state index in [0.717, 1.165) is 5.56 Å². The molecule has 0 bridgehead atoms. The van der Waals surface area contributed by atoms with Crippen molar-refractivity contribution in [2.45, 2.75) is 13.2 Å². The van der Waals surface area contributed by atoms with Crippen molar-refractivity contribution in [3.63, 3.8) is 0 Å². The van der Waals surface area contributed by atoms with E-state index in [1.807, 2.05) is 35.2 Å². The van der Waals surface area contributed by atoms with Crippen molar-refractivity contribution in [1.29, 1.82) is 0 Å². The van der Waals surface area contributed by atoms with Gasteiger partial charge in [-0.15, -0.1) is 0 Å². The maximum atomic E-state index is 13.6. The number of rotatable bonds is 6. The highest BCUT2D eigenvalue weighted by Gasteiger charge is 2.09. The summed E-state index contributed by atoms with van der Waals surface area (Å²) in [5, 5.41) is 18.3. The molecule has 0 unspecified atom stereocenters. The topological polar surface area (TPSA) is 43.7 Å². The second kappa shape index (κ2) is 7.03. The van der Waals surface area contributed by atoms with Crippen LogP contribution in [0.4, 0.5) is 10.1 Å². The van der Waals surface area contributed by atoms with Crippen molar-refractivity contribution < 1.29 is 14.6 Å². The van der Waals surface area contributed by atoms with E-state index in [1.165, 1.54) is 12.1 Å². The van der Waals surface area contributed by atoms with Crippen molar-refractivity contribution >= 4 is 5.69 Å². The maximum absolute atomic E-state index is 13.6. The molecule has 2 rings (SSSR count). The fraction of sp³-hybridized carbons (Fsp3) is 0.250. The van der Waals surface area contributed by atoms with Crippen LogP contribution in [0.1, 0.15) is 11.1 Å². The lowest BCUT2D eigenvalue weighted by Gasteiger charge is -2.24. The van der Waals surface area contributed by atoms with Gasteiger partial charge in [0.05, 0.1) is 13.2 Å². The first-order valence-electron chi connectivity index (χ1n) is 6.53. The lowest BCUT2D eigenvalue weighted by atomic mass is 10.1. The zero-order valence-electron chi connectivity index (χ0n) is 11.2. The molecule has 0 amide bonds. The zero-order valence-corrected chi connectivity index (χ0v) is 11.2. The Bertz CT molecular complexity index is 545. The molecule has 106 valence electrons. The molecule has 2 aromatic carbocycles. The van der Waals surface area contributed by atoms with Gasteiger partial charge >= 0.3 is 0 Å². The first kappa shape index (κ1) is 14.5. The van der Waals surface area contributed by atoms with E-state index in [0.29, 0.717) is 24.3 Å². The molecule has 0 aliphatic rings. The third-order valence-electron chi connectivity index (χ3n) is 3.08. The smallest absolute Gasteiger partial charge is 0.125 e. The summed E-state index contributed by atoms with van der Waals surface area (Å²) < 4.78 is 13.6. The van der Waals surface area contributed by atoms with E-state index in [4.69, 9.17) is 5.11 Å². The second-order valence-corrected chi connectivity index (χ2v) is 4.61. The number of benzene rings is 2. The van der Waals surface area contributed by atoms with Crippen LogP contribution in [0.5, 0.6) is 0 Å². The van der Waals surface area contributed by atoms with Crippen LogP contribution in [0, 0.1) is 5.82 Å². The summed E-state index contributed by atoms with van der Waals surface area (Å²) in [6, 6.07) is 14.2. The maximum Gasteiger partial charge on any atom is 0.125 e. The number of nitrogens with zero attached hydrogens (tertiary/aromatic N) is 1. The molecule has 0 aromatic heterocycles. The van der Waals surface area contributed by atoms with E-state index >= 15 is 0 Å². The van der Waals surface area contributed by atoms with E-state index < -0.39 is 0 Å². The van der Waals surface area contributed by atoms with Gasteiger partial charge in [0.15, 0.2) is 0 Å². The summed E-state index contributed by atoms with van der Waals surface area (Å²) in [6.45, 7) is 0.764. The molecule has 0 spiro atoms. The Morgan fingerprint density at radius 3 is 2.35 bits per heavy atom. The van der Waals surface area contributed by atoms with Crippen molar-refractivity contribution in [3.05, 3.63) is 65.5 Å². The van der Waals surface area contributed by atoms with Crippen LogP contribution >= 0.6 is 0 Å². The zero-order chi connectivity index (χ0) is 14.4. The average Bonchev–Trinajstić information content (AvgIpc) is 2.47. The normalized spacial score (nSPS) is 10.6. The summed E-state index contributed by atoms with van der Waals surface area (Å²) in [5.74, 6) is -0.387. The van der Waals surface area contributed by atoms with Crippen molar-refractivity contribution in [2.24, 2.45) is 0 Å². The molecule has 2 N–H and O–H groups in total. The molecule has 2 aromatic rings. The van der Waals surface area contributed by atoms with Gasteiger partial charge in [-0.2, -0.15) is 0 Å². The number of halogens is 1. The first-order valence-corrected chi connectivity index (χ1v) is 6.53.